The van der Waals surface area contributed by atoms with Crippen molar-refractivity contribution in [2.45, 2.75) is 0 Å². The number of nitrogens with zero attached hydrogens (tertiary/aromatic N) is 2. The Morgan fingerprint density at radius 1 is 0.333 bits per heavy atom. The predicted molar refractivity (Wildman–Crippen MR) is 213 cm³/mol. The van der Waals surface area contributed by atoms with Crippen LogP contribution in [0.15, 0.2) is 186 Å². The van der Waals surface area contributed by atoms with Gasteiger partial charge in [-0.2, -0.15) is 0 Å². The maximum absolute atomic E-state index is 6.60. The van der Waals surface area contributed by atoms with Gasteiger partial charge in [0.1, 0.15) is 5.58 Å². The van der Waals surface area contributed by atoms with Crippen LogP contribution in [-0.4, -0.2) is 9.13 Å². The average molecular weight is 651 g/mol. The van der Waals surface area contributed by atoms with Crippen LogP contribution < -0.4 is 0 Å². The van der Waals surface area contributed by atoms with E-state index in [4.69, 9.17) is 4.42 Å². The van der Waals surface area contributed by atoms with E-state index in [-0.39, 0.29) is 0 Å². The lowest BCUT2D eigenvalue weighted by Gasteiger charge is -2.14. The Hall–Kier alpha value is -6.84. The van der Waals surface area contributed by atoms with E-state index in [2.05, 4.69) is 185 Å². The highest BCUT2D eigenvalue weighted by molar-refractivity contribution is 6.15. The van der Waals surface area contributed by atoms with Gasteiger partial charge in [0.25, 0.3) is 0 Å². The Labute approximate surface area is 293 Å². The molecule has 8 aromatic carbocycles. The highest BCUT2D eigenvalue weighted by Gasteiger charge is 2.21. The Bertz CT molecular complexity index is 3130. The maximum Gasteiger partial charge on any atom is 0.159 e. The van der Waals surface area contributed by atoms with Crippen molar-refractivity contribution in [2.75, 3.05) is 0 Å². The van der Waals surface area contributed by atoms with E-state index in [9.17, 15) is 0 Å². The third-order valence-corrected chi connectivity index (χ3v) is 10.5. The molecule has 3 heteroatoms. The molecule has 51 heavy (non-hydrogen) atoms. The van der Waals surface area contributed by atoms with E-state index in [1.165, 1.54) is 54.8 Å². The van der Waals surface area contributed by atoms with Gasteiger partial charge < -0.3 is 13.6 Å². The number of hydrogen-bond donors (Lipinski definition) is 0. The minimum atomic E-state index is 0.895. The summed E-state index contributed by atoms with van der Waals surface area (Å²) >= 11 is 0. The van der Waals surface area contributed by atoms with E-state index >= 15 is 0 Å². The summed E-state index contributed by atoms with van der Waals surface area (Å²) in [7, 11) is 0. The summed E-state index contributed by atoms with van der Waals surface area (Å²) in [5, 5.41) is 7.16. The molecule has 0 aliphatic rings. The van der Waals surface area contributed by atoms with Crippen molar-refractivity contribution >= 4 is 65.6 Å². The zero-order valence-electron chi connectivity index (χ0n) is 27.6. The second kappa shape index (κ2) is 10.8. The molecule has 0 aliphatic heterocycles. The van der Waals surface area contributed by atoms with Gasteiger partial charge >= 0.3 is 0 Å². The van der Waals surface area contributed by atoms with E-state index in [1.54, 1.807) is 0 Å². The lowest BCUT2D eigenvalue weighted by atomic mass is 9.92. The second-order valence-electron chi connectivity index (χ2n) is 13.3. The minimum absolute atomic E-state index is 0.895. The van der Waals surface area contributed by atoms with Crippen molar-refractivity contribution < 1.29 is 4.42 Å². The first-order chi connectivity index (χ1) is 25.3. The molecule has 0 amide bonds. The summed E-state index contributed by atoms with van der Waals surface area (Å²) in [6.45, 7) is 0. The van der Waals surface area contributed by atoms with E-state index in [0.717, 1.165) is 44.3 Å². The fourth-order valence-electron chi connectivity index (χ4n) is 8.27. The monoisotopic (exact) mass is 650 g/mol. The van der Waals surface area contributed by atoms with Crippen molar-refractivity contribution in [1.82, 2.24) is 9.13 Å². The van der Waals surface area contributed by atoms with Gasteiger partial charge in [-0.15, -0.1) is 0 Å². The third kappa shape index (κ3) is 4.12. The fourth-order valence-corrected chi connectivity index (χ4v) is 8.27. The van der Waals surface area contributed by atoms with Crippen LogP contribution in [0.5, 0.6) is 0 Å². The quantitative estimate of drug-likeness (QED) is 0.186. The molecule has 0 unspecified atom stereocenters. The molecular weight excluding hydrogens is 621 g/mol. The van der Waals surface area contributed by atoms with Gasteiger partial charge in [0, 0.05) is 38.0 Å². The SMILES string of the molecule is c1ccc(-c2cc3c(cc2-c2ccc4c5ccccc5n(-c5cccc6c5oc5ccccc56)c4c2)c2ccccc2n3-c2ccccc2)cc1. The van der Waals surface area contributed by atoms with Crippen LogP contribution in [0.1, 0.15) is 0 Å². The molecule has 0 saturated carbocycles. The van der Waals surface area contributed by atoms with Gasteiger partial charge in [0.05, 0.1) is 27.8 Å². The highest BCUT2D eigenvalue weighted by Crippen LogP contribution is 2.43. The van der Waals surface area contributed by atoms with Gasteiger partial charge in [0.2, 0.25) is 0 Å². The molecular formula is C48H30N2O. The van der Waals surface area contributed by atoms with Crippen molar-refractivity contribution in [3.8, 4) is 33.6 Å². The van der Waals surface area contributed by atoms with Gasteiger partial charge in [-0.3, -0.25) is 0 Å². The Balaban J connectivity index is 1.23. The molecule has 0 aliphatic carbocycles. The molecule has 0 saturated heterocycles. The molecule has 0 bridgehead atoms. The predicted octanol–water partition coefficient (Wildman–Crippen LogP) is 13.1. The van der Waals surface area contributed by atoms with Crippen LogP contribution in [0.25, 0.3) is 99.2 Å². The number of rotatable bonds is 4. The Morgan fingerprint density at radius 3 is 1.73 bits per heavy atom. The number of para-hydroxylation sites is 5. The minimum Gasteiger partial charge on any atom is -0.454 e. The summed E-state index contributed by atoms with van der Waals surface area (Å²) in [5.41, 5.74) is 13.4. The molecule has 0 fully saturated rings. The lowest BCUT2D eigenvalue weighted by Crippen LogP contribution is -1.95. The first-order valence-electron chi connectivity index (χ1n) is 17.4. The Kier molecular flexibility index (Phi) is 5.96. The summed E-state index contributed by atoms with van der Waals surface area (Å²) in [5.74, 6) is 0. The molecule has 11 aromatic rings. The Morgan fingerprint density at radius 2 is 0.922 bits per heavy atom. The molecule has 3 heterocycles. The molecule has 238 valence electrons. The average Bonchev–Trinajstić information content (AvgIpc) is 3.85. The van der Waals surface area contributed by atoms with E-state index < -0.39 is 0 Å². The highest BCUT2D eigenvalue weighted by atomic mass is 16.3. The zero-order chi connectivity index (χ0) is 33.5. The summed E-state index contributed by atoms with van der Waals surface area (Å²) < 4.78 is 11.4. The number of aromatic nitrogens is 2. The van der Waals surface area contributed by atoms with Crippen molar-refractivity contribution in [1.29, 1.82) is 0 Å². The molecule has 11 rings (SSSR count). The standard InChI is InChI=1S/C48H30N2O/c1-3-14-31(15-4-1)40-30-46-41(35-19-8-10-22-42(35)49(46)33-16-5-2-6-17-33)29-39(40)32-26-27-36-34-18-7-11-23-43(34)50(45(36)28-32)44-24-13-21-38-37-20-9-12-25-47(37)51-48(38)44/h1-30H. The normalized spacial score (nSPS) is 11.9. The number of furan rings is 1. The van der Waals surface area contributed by atoms with Gasteiger partial charge in [-0.25, -0.2) is 0 Å². The van der Waals surface area contributed by atoms with E-state index in [1.807, 2.05) is 6.07 Å². The summed E-state index contributed by atoms with van der Waals surface area (Å²) in [4.78, 5) is 0. The fraction of sp³-hybridized carbons (Fsp3) is 0. The van der Waals surface area contributed by atoms with Crippen LogP contribution in [0.2, 0.25) is 0 Å². The van der Waals surface area contributed by atoms with Crippen LogP contribution in [0, 0.1) is 0 Å². The molecule has 0 N–H and O–H groups in total. The van der Waals surface area contributed by atoms with Crippen molar-refractivity contribution in [2.24, 2.45) is 0 Å². The van der Waals surface area contributed by atoms with Gasteiger partial charge in [-0.05, 0) is 76.9 Å². The maximum atomic E-state index is 6.60. The number of fused-ring (bicyclic) bond motifs is 9. The second-order valence-corrected chi connectivity index (χ2v) is 13.3. The van der Waals surface area contributed by atoms with E-state index in [0.29, 0.717) is 0 Å². The molecule has 0 spiro atoms. The zero-order valence-corrected chi connectivity index (χ0v) is 27.6. The smallest absolute Gasteiger partial charge is 0.159 e. The van der Waals surface area contributed by atoms with Gasteiger partial charge in [-0.1, -0.05) is 127 Å². The largest absolute Gasteiger partial charge is 0.454 e. The summed E-state index contributed by atoms with van der Waals surface area (Å²) in [6, 6.07) is 65.5. The van der Waals surface area contributed by atoms with Crippen molar-refractivity contribution in [3.63, 3.8) is 0 Å². The topological polar surface area (TPSA) is 23.0 Å². The van der Waals surface area contributed by atoms with Gasteiger partial charge in [0.15, 0.2) is 5.58 Å². The number of hydrogen-bond acceptors (Lipinski definition) is 1. The molecule has 3 nitrogen and oxygen atoms in total. The van der Waals surface area contributed by atoms with Crippen LogP contribution >= 0.6 is 0 Å². The molecule has 0 radical (unpaired) electrons. The van der Waals surface area contributed by atoms with Crippen LogP contribution in [-0.2, 0) is 0 Å². The molecule has 0 atom stereocenters. The van der Waals surface area contributed by atoms with Crippen molar-refractivity contribution in [3.05, 3.63) is 182 Å². The molecule has 3 aromatic heterocycles. The number of benzene rings is 8. The first kappa shape index (κ1) is 28.0. The van der Waals surface area contributed by atoms with Crippen LogP contribution in [0.3, 0.4) is 0 Å². The van der Waals surface area contributed by atoms with Crippen LogP contribution in [0.4, 0.5) is 0 Å². The first-order valence-corrected chi connectivity index (χ1v) is 17.4. The third-order valence-electron chi connectivity index (χ3n) is 10.5. The lowest BCUT2D eigenvalue weighted by molar-refractivity contribution is 0.666. The summed E-state index contributed by atoms with van der Waals surface area (Å²) in [6.07, 6.45) is 0.